The van der Waals surface area contributed by atoms with E-state index in [9.17, 15) is 14.4 Å². The van der Waals surface area contributed by atoms with Crippen LogP contribution < -0.4 is 25.2 Å². The zero-order chi connectivity index (χ0) is 36.6. The van der Waals surface area contributed by atoms with Gasteiger partial charge in [-0.2, -0.15) is 4.98 Å². The van der Waals surface area contributed by atoms with Gasteiger partial charge in [0.1, 0.15) is 17.0 Å². The Balaban J connectivity index is 1.08. The Kier molecular flexibility index (Phi) is 9.76. The van der Waals surface area contributed by atoms with E-state index in [-0.39, 0.29) is 40.9 Å². The summed E-state index contributed by atoms with van der Waals surface area (Å²) in [4.78, 5) is 58.8. The minimum Gasteiger partial charge on any atom is -0.469 e. The summed E-state index contributed by atoms with van der Waals surface area (Å²) in [5, 5.41) is 6.87. The van der Waals surface area contributed by atoms with Gasteiger partial charge in [-0.25, -0.2) is 19.0 Å². The molecule has 0 spiro atoms. The molecule has 2 bridgehead atoms. The van der Waals surface area contributed by atoms with Crippen LogP contribution in [0.3, 0.4) is 0 Å². The minimum atomic E-state index is -0.749. The molecule has 2 unspecified atom stereocenters. The highest BCUT2D eigenvalue weighted by molar-refractivity contribution is 6.03. The molecule has 3 fully saturated rings. The molecule has 0 saturated carbocycles. The summed E-state index contributed by atoms with van der Waals surface area (Å²) in [6.07, 6.45) is 1.31. The lowest BCUT2D eigenvalue weighted by molar-refractivity contribution is -0.126. The molecule has 0 radical (unpaired) electrons. The topological polar surface area (TPSA) is 151 Å². The molecule has 0 aliphatic carbocycles. The van der Waals surface area contributed by atoms with Gasteiger partial charge in [0.25, 0.3) is 5.91 Å². The SMILES string of the molecule is CCN1CC(C)(C)Oc2nc(N3CC4CCC(C3)O4)nc(-c3ccc(NC(=O)Nc4ccc(N5CCN(OC(=O)OC)CC5)cc4)c(F)c3)c2C1=O. The summed E-state index contributed by atoms with van der Waals surface area (Å²) in [5.41, 5.74) is 1.45. The molecule has 4 aliphatic rings. The van der Waals surface area contributed by atoms with Crippen molar-refractivity contribution in [1.82, 2.24) is 19.9 Å². The van der Waals surface area contributed by atoms with E-state index in [1.54, 1.807) is 28.2 Å². The number of rotatable bonds is 7. The van der Waals surface area contributed by atoms with E-state index in [2.05, 4.69) is 20.3 Å². The minimum absolute atomic E-state index is 0.0473. The van der Waals surface area contributed by atoms with Crippen LogP contribution in [0.4, 0.5) is 37.0 Å². The highest BCUT2D eigenvalue weighted by Gasteiger charge is 2.39. The first-order valence-corrected chi connectivity index (χ1v) is 17.5. The van der Waals surface area contributed by atoms with Gasteiger partial charge >= 0.3 is 12.2 Å². The first-order chi connectivity index (χ1) is 25.0. The first-order valence-electron chi connectivity index (χ1n) is 17.5. The van der Waals surface area contributed by atoms with E-state index in [1.807, 2.05) is 37.8 Å². The van der Waals surface area contributed by atoms with Gasteiger partial charge in [-0.3, -0.25) is 4.79 Å². The number of halogens is 1. The van der Waals surface area contributed by atoms with Crippen molar-refractivity contribution in [3.63, 3.8) is 0 Å². The second kappa shape index (κ2) is 14.4. The largest absolute Gasteiger partial charge is 0.527 e. The Morgan fingerprint density at radius 3 is 2.35 bits per heavy atom. The lowest BCUT2D eigenvalue weighted by Crippen LogP contribution is -2.47. The molecule has 4 aliphatic heterocycles. The highest BCUT2D eigenvalue weighted by atomic mass is 19.1. The number of methoxy groups -OCH3 is 1. The average molecular weight is 719 g/mol. The number of anilines is 4. The zero-order valence-corrected chi connectivity index (χ0v) is 29.7. The maximum Gasteiger partial charge on any atom is 0.527 e. The van der Waals surface area contributed by atoms with Gasteiger partial charge in [0.2, 0.25) is 11.8 Å². The average Bonchev–Trinajstić information content (AvgIpc) is 3.42. The van der Waals surface area contributed by atoms with Gasteiger partial charge in [-0.05, 0) is 70.0 Å². The Labute approximate surface area is 300 Å². The van der Waals surface area contributed by atoms with Gasteiger partial charge in [0.05, 0.1) is 50.3 Å². The van der Waals surface area contributed by atoms with Gasteiger partial charge < -0.3 is 44.4 Å². The fraction of sp³-hybridized carbons (Fsp3) is 0.472. The van der Waals surface area contributed by atoms with Crippen molar-refractivity contribution in [2.75, 3.05) is 79.9 Å². The number of piperazine rings is 1. The number of carbonyl (C=O) groups excluding carboxylic acids is 3. The Morgan fingerprint density at radius 1 is 0.981 bits per heavy atom. The Morgan fingerprint density at radius 2 is 1.69 bits per heavy atom. The molecule has 7 rings (SSSR count). The quantitative estimate of drug-likeness (QED) is 0.325. The molecule has 2 N–H and O–H groups in total. The third kappa shape index (κ3) is 7.53. The molecule has 2 aromatic carbocycles. The van der Waals surface area contributed by atoms with Crippen LogP contribution in [0.1, 0.15) is 44.0 Å². The van der Waals surface area contributed by atoms with E-state index in [0.717, 1.165) is 18.5 Å². The van der Waals surface area contributed by atoms with Crippen molar-refractivity contribution in [1.29, 1.82) is 0 Å². The molecule has 5 heterocycles. The van der Waals surface area contributed by atoms with Crippen molar-refractivity contribution in [2.24, 2.45) is 0 Å². The smallest absolute Gasteiger partial charge is 0.469 e. The van der Waals surface area contributed by atoms with Gasteiger partial charge in [0, 0.05) is 49.7 Å². The van der Waals surface area contributed by atoms with Crippen LogP contribution in [-0.4, -0.2) is 115 Å². The van der Waals surface area contributed by atoms with Crippen molar-refractivity contribution in [2.45, 2.75) is 51.4 Å². The molecule has 52 heavy (non-hydrogen) atoms. The number of aromatic nitrogens is 2. The Hall–Kier alpha value is -5.22. The molecule has 16 heteroatoms. The third-order valence-corrected chi connectivity index (χ3v) is 9.61. The van der Waals surface area contributed by atoms with E-state index in [1.165, 1.54) is 19.2 Å². The lowest BCUT2D eigenvalue weighted by atomic mass is 10.0. The third-order valence-electron chi connectivity index (χ3n) is 9.61. The molecule has 3 aromatic rings. The van der Waals surface area contributed by atoms with Crippen LogP contribution in [-0.2, 0) is 14.3 Å². The number of fused-ring (bicyclic) bond motifs is 3. The second-order valence-electron chi connectivity index (χ2n) is 13.9. The van der Waals surface area contributed by atoms with Crippen molar-refractivity contribution in [3.8, 4) is 17.1 Å². The summed E-state index contributed by atoms with van der Waals surface area (Å²) in [6, 6.07) is 10.9. The monoisotopic (exact) mass is 718 g/mol. The number of urea groups is 1. The molecule has 2 atom stereocenters. The number of nitrogens with zero attached hydrogens (tertiary/aromatic N) is 6. The molecular formula is C36H43FN8O7. The van der Waals surface area contributed by atoms with Crippen molar-refractivity contribution >= 4 is 41.1 Å². The predicted octanol–water partition coefficient (Wildman–Crippen LogP) is 4.75. The number of likely N-dealkylation sites (N-methyl/N-ethyl adjacent to an activating group) is 1. The van der Waals surface area contributed by atoms with E-state index in [0.29, 0.717) is 69.6 Å². The van der Waals surface area contributed by atoms with Crippen LogP contribution in [0.2, 0.25) is 0 Å². The summed E-state index contributed by atoms with van der Waals surface area (Å²) in [6.45, 7) is 9.97. The van der Waals surface area contributed by atoms with Crippen molar-refractivity contribution < 1.29 is 37.8 Å². The number of hydroxylamine groups is 2. The molecule has 1 aromatic heterocycles. The summed E-state index contributed by atoms with van der Waals surface area (Å²) >= 11 is 0. The predicted molar refractivity (Wildman–Crippen MR) is 190 cm³/mol. The van der Waals surface area contributed by atoms with Crippen molar-refractivity contribution in [3.05, 3.63) is 53.8 Å². The number of carbonyl (C=O) groups is 3. The second-order valence-corrected chi connectivity index (χ2v) is 13.9. The molecule has 15 nitrogen and oxygen atoms in total. The van der Waals surface area contributed by atoms with Crippen LogP contribution in [0.5, 0.6) is 5.88 Å². The molecule has 3 amide bonds. The van der Waals surface area contributed by atoms with Crippen LogP contribution in [0.25, 0.3) is 11.3 Å². The highest BCUT2D eigenvalue weighted by Crippen LogP contribution is 2.38. The summed E-state index contributed by atoms with van der Waals surface area (Å²) in [7, 11) is 1.26. The number of benzene rings is 2. The van der Waals surface area contributed by atoms with Crippen LogP contribution in [0, 0.1) is 5.82 Å². The number of hydrogen-bond donors (Lipinski definition) is 2. The molecule has 276 valence electrons. The maximum atomic E-state index is 15.8. The summed E-state index contributed by atoms with van der Waals surface area (Å²) < 4.78 is 32.7. The number of amides is 3. The molecule has 3 saturated heterocycles. The standard InChI is InChI=1S/C36H43FN8O7/c1-5-42-21-36(2,3)51-31-29(32(42)46)30(40-33(41-31)44-19-25-11-12-26(20-44)50-25)22-6-13-28(27(37)18-22)39-34(47)38-23-7-9-24(10-8-23)43-14-16-45(17-15-43)52-35(48)49-4/h6-10,13,18,25-26H,5,11-12,14-17,19-21H2,1-4H3,(H2,38,39,47). The van der Waals surface area contributed by atoms with E-state index >= 15 is 4.39 Å². The van der Waals surface area contributed by atoms with E-state index < -0.39 is 23.6 Å². The van der Waals surface area contributed by atoms with Crippen LogP contribution in [0.15, 0.2) is 42.5 Å². The van der Waals surface area contributed by atoms with Gasteiger partial charge in [0.15, 0.2) is 0 Å². The first kappa shape index (κ1) is 35.2. The van der Waals surface area contributed by atoms with Gasteiger partial charge in [-0.1, -0.05) is 6.07 Å². The fourth-order valence-corrected chi connectivity index (χ4v) is 7.05. The normalized spacial score (nSPS) is 21.2. The number of hydrogen-bond acceptors (Lipinski definition) is 12. The fourth-order valence-electron chi connectivity index (χ4n) is 7.05. The number of morpholine rings is 1. The number of ether oxygens (including phenoxy) is 3. The molecular weight excluding hydrogens is 675 g/mol. The number of nitrogens with one attached hydrogen (secondary N) is 2. The maximum absolute atomic E-state index is 15.8. The van der Waals surface area contributed by atoms with Gasteiger partial charge in [-0.15, -0.1) is 5.06 Å². The van der Waals surface area contributed by atoms with Crippen LogP contribution >= 0.6 is 0 Å². The lowest BCUT2D eigenvalue weighted by Gasteiger charge is -2.34. The Bertz CT molecular complexity index is 1820. The van der Waals surface area contributed by atoms with E-state index in [4.69, 9.17) is 24.3 Å². The summed E-state index contributed by atoms with van der Waals surface area (Å²) in [5.74, 6) is -0.446. The zero-order valence-electron chi connectivity index (χ0n) is 29.7.